The van der Waals surface area contributed by atoms with Gasteiger partial charge < -0.3 is 9.73 Å². The van der Waals surface area contributed by atoms with Crippen LogP contribution >= 0.6 is 11.6 Å². The lowest BCUT2D eigenvalue weighted by Crippen LogP contribution is -2.11. The van der Waals surface area contributed by atoms with E-state index in [2.05, 4.69) is 5.32 Å². The van der Waals surface area contributed by atoms with Crippen molar-refractivity contribution in [2.24, 2.45) is 0 Å². The number of hydrogen-bond acceptors (Lipinski definition) is 2. The molecule has 1 aromatic heterocycles. The maximum absolute atomic E-state index is 12.3. The molecule has 0 aliphatic heterocycles. The smallest absolute Gasteiger partial charge is 0.291 e. The zero-order valence-corrected chi connectivity index (χ0v) is 11.6. The summed E-state index contributed by atoms with van der Waals surface area (Å²) in [5, 5.41) is 4.29. The second-order valence-corrected chi connectivity index (χ2v) is 4.95. The Morgan fingerprint density at radius 2 is 1.90 bits per heavy atom. The Morgan fingerprint density at radius 1 is 1.15 bits per heavy atom. The Kier molecular flexibility index (Phi) is 3.20. The minimum Gasteiger partial charge on any atom is -0.451 e. The summed E-state index contributed by atoms with van der Waals surface area (Å²) in [6.45, 7) is 1.85. The van der Waals surface area contributed by atoms with Crippen molar-refractivity contribution >= 4 is 34.2 Å². The average molecular weight is 286 g/mol. The molecule has 100 valence electrons. The van der Waals surface area contributed by atoms with Crippen molar-refractivity contribution in [3.63, 3.8) is 0 Å². The van der Waals surface area contributed by atoms with Gasteiger partial charge in [-0.15, -0.1) is 0 Å². The lowest BCUT2D eigenvalue weighted by atomic mass is 10.1. The van der Waals surface area contributed by atoms with E-state index in [1.165, 1.54) is 0 Å². The molecule has 0 saturated carbocycles. The van der Waals surface area contributed by atoms with E-state index in [1.54, 1.807) is 18.2 Å². The third-order valence-electron chi connectivity index (χ3n) is 3.14. The molecule has 20 heavy (non-hydrogen) atoms. The molecule has 1 heterocycles. The number of para-hydroxylation sites is 1. The first-order chi connectivity index (χ1) is 9.65. The minimum absolute atomic E-state index is 0.263. The molecule has 0 spiro atoms. The maximum atomic E-state index is 12.3. The highest BCUT2D eigenvalue weighted by molar-refractivity contribution is 6.31. The van der Waals surface area contributed by atoms with E-state index in [4.69, 9.17) is 16.0 Å². The molecular formula is C16H12ClNO2. The van der Waals surface area contributed by atoms with E-state index in [0.717, 1.165) is 16.6 Å². The minimum atomic E-state index is -0.263. The van der Waals surface area contributed by atoms with Crippen LogP contribution in [0.5, 0.6) is 0 Å². The van der Waals surface area contributed by atoms with E-state index in [9.17, 15) is 4.79 Å². The van der Waals surface area contributed by atoms with Crippen molar-refractivity contribution in [3.05, 3.63) is 64.9 Å². The normalized spacial score (nSPS) is 10.7. The Balaban J connectivity index is 1.98. The second kappa shape index (κ2) is 5.02. The van der Waals surface area contributed by atoms with Gasteiger partial charge in [0, 0.05) is 21.7 Å². The number of benzene rings is 2. The average Bonchev–Trinajstić information content (AvgIpc) is 2.77. The summed E-state index contributed by atoms with van der Waals surface area (Å²) in [4.78, 5) is 12.3. The summed E-state index contributed by atoms with van der Waals surface area (Å²) in [7, 11) is 0. The molecule has 2 aromatic carbocycles. The van der Waals surface area contributed by atoms with Gasteiger partial charge in [0.1, 0.15) is 5.58 Å². The first-order valence-electron chi connectivity index (χ1n) is 6.20. The monoisotopic (exact) mass is 285 g/mol. The van der Waals surface area contributed by atoms with Gasteiger partial charge in [-0.2, -0.15) is 0 Å². The van der Waals surface area contributed by atoms with Gasteiger partial charge in [-0.3, -0.25) is 4.79 Å². The fraction of sp³-hybridized carbons (Fsp3) is 0.0625. The van der Waals surface area contributed by atoms with Crippen LogP contribution in [0.15, 0.2) is 52.9 Å². The van der Waals surface area contributed by atoms with E-state index < -0.39 is 0 Å². The number of hydrogen-bond donors (Lipinski definition) is 1. The molecule has 0 fully saturated rings. The van der Waals surface area contributed by atoms with Crippen LogP contribution in [0.2, 0.25) is 5.02 Å². The van der Waals surface area contributed by atoms with E-state index >= 15 is 0 Å². The predicted octanol–water partition coefficient (Wildman–Crippen LogP) is 4.65. The lowest BCUT2D eigenvalue weighted by Gasteiger charge is -2.02. The predicted molar refractivity (Wildman–Crippen MR) is 80.4 cm³/mol. The molecule has 0 atom stereocenters. The van der Waals surface area contributed by atoms with Gasteiger partial charge in [-0.25, -0.2) is 0 Å². The molecule has 4 heteroatoms. The van der Waals surface area contributed by atoms with Crippen molar-refractivity contribution in [1.29, 1.82) is 0 Å². The lowest BCUT2D eigenvalue weighted by molar-refractivity contribution is 0.0998. The van der Waals surface area contributed by atoms with Gasteiger partial charge in [0.15, 0.2) is 5.76 Å². The molecule has 3 rings (SSSR count). The zero-order chi connectivity index (χ0) is 14.1. The summed E-state index contributed by atoms with van der Waals surface area (Å²) in [6, 6.07) is 14.6. The van der Waals surface area contributed by atoms with Gasteiger partial charge in [-0.05, 0) is 37.3 Å². The van der Waals surface area contributed by atoms with Crippen LogP contribution in [0.25, 0.3) is 11.0 Å². The number of amides is 1. The third kappa shape index (κ3) is 2.28. The van der Waals surface area contributed by atoms with Crippen LogP contribution in [0.3, 0.4) is 0 Å². The highest BCUT2D eigenvalue weighted by Crippen LogP contribution is 2.28. The Morgan fingerprint density at radius 3 is 2.65 bits per heavy atom. The quantitative estimate of drug-likeness (QED) is 0.745. The van der Waals surface area contributed by atoms with Crippen LogP contribution in [0.1, 0.15) is 16.1 Å². The fourth-order valence-electron chi connectivity index (χ4n) is 2.12. The number of carbonyl (C=O) groups excluding carboxylic acids is 1. The molecule has 3 aromatic rings. The summed E-state index contributed by atoms with van der Waals surface area (Å²) in [6.07, 6.45) is 0. The molecule has 3 nitrogen and oxygen atoms in total. The van der Waals surface area contributed by atoms with Gasteiger partial charge in [0.2, 0.25) is 0 Å². The molecule has 1 N–H and O–H groups in total. The Bertz CT molecular complexity index is 778. The first kappa shape index (κ1) is 12.8. The number of nitrogens with one attached hydrogen (secondary N) is 1. The number of anilines is 1. The van der Waals surface area contributed by atoms with Crippen molar-refractivity contribution in [3.8, 4) is 0 Å². The number of furan rings is 1. The molecule has 0 bridgehead atoms. The molecule has 0 radical (unpaired) electrons. The Hall–Kier alpha value is -2.26. The van der Waals surface area contributed by atoms with Gasteiger partial charge in [0.25, 0.3) is 5.91 Å². The molecular weight excluding hydrogens is 274 g/mol. The second-order valence-electron chi connectivity index (χ2n) is 4.52. The fourth-order valence-corrected chi connectivity index (χ4v) is 2.29. The van der Waals surface area contributed by atoms with E-state index in [0.29, 0.717) is 16.4 Å². The van der Waals surface area contributed by atoms with E-state index in [1.807, 2.05) is 37.3 Å². The first-order valence-corrected chi connectivity index (χ1v) is 6.58. The maximum Gasteiger partial charge on any atom is 0.291 e. The van der Waals surface area contributed by atoms with Crippen LogP contribution in [-0.4, -0.2) is 5.91 Å². The summed E-state index contributed by atoms with van der Waals surface area (Å²) < 4.78 is 5.62. The number of fused-ring (bicyclic) bond motifs is 1. The number of rotatable bonds is 2. The number of halogens is 1. The molecule has 0 aliphatic carbocycles. The summed E-state index contributed by atoms with van der Waals surface area (Å²) in [5.41, 5.74) is 2.18. The molecule has 0 saturated heterocycles. The van der Waals surface area contributed by atoms with Crippen LogP contribution in [-0.2, 0) is 0 Å². The van der Waals surface area contributed by atoms with Gasteiger partial charge in [0.05, 0.1) is 0 Å². The van der Waals surface area contributed by atoms with Crippen LogP contribution in [0.4, 0.5) is 5.69 Å². The molecule has 0 aliphatic rings. The van der Waals surface area contributed by atoms with Crippen LogP contribution in [0, 0.1) is 6.92 Å². The largest absolute Gasteiger partial charge is 0.451 e. The van der Waals surface area contributed by atoms with Crippen molar-refractivity contribution < 1.29 is 9.21 Å². The highest BCUT2D eigenvalue weighted by atomic mass is 35.5. The topological polar surface area (TPSA) is 42.2 Å². The standard InChI is InChI=1S/C16H12ClNO2/c1-10-13-9-11(17)7-8-14(13)20-15(10)16(19)18-12-5-3-2-4-6-12/h2-9H,1H3,(H,18,19). The number of carbonyl (C=O) groups is 1. The third-order valence-corrected chi connectivity index (χ3v) is 3.37. The number of aryl methyl sites for hydroxylation is 1. The Labute approximate surface area is 121 Å². The zero-order valence-electron chi connectivity index (χ0n) is 10.8. The van der Waals surface area contributed by atoms with Gasteiger partial charge >= 0.3 is 0 Å². The summed E-state index contributed by atoms with van der Waals surface area (Å²) in [5.74, 6) is 0.0483. The van der Waals surface area contributed by atoms with E-state index in [-0.39, 0.29) is 5.91 Å². The van der Waals surface area contributed by atoms with Crippen molar-refractivity contribution in [2.45, 2.75) is 6.92 Å². The molecule has 0 unspecified atom stereocenters. The van der Waals surface area contributed by atoms with Crippen LogP contribution < -0.4 is 5.32 Å². The SMILES string of the molecule is Cc1c(C(=O)Nc2ccccc2)oc2ccc(Cl)cc12. The molecule has 1 amide bonds. The van der Waals surface area contributed by atoms with Gasteiger partial charge in [-0.1, -0.05) is 29.8 Å². The van der Waals surface area contributed by atoms with Crippen molar-refractivity contribution in [1.82, 2.24) is 0 Å². The highest BCUT2D eigenvalue weighted by Gasteiger charge is 2.17. The summed E-state index contributed by atoms with van der Waals surface area (Å²) >= 11 is 5.97. The van der Waals surface area contributed by atoms with Crippen molar-refractivity contribution in [2.75, 3.05) is 5.32 Å².